The summed E-state index contributed by atoms with van der Waals surface area (Å²) < 4.78 is 23.1. The summed E-state index contributed by atoms with van der Waals surface area (Å²) in [5.74, 6) is 1.20. The molecule has 0 aliphatic carbocycles. The Kier molecular flexibility index (Phi) is 4.55. The lowest BCUT2D eigenvalue weighted by atomic mass is 10.0. The van der Waals surface area contributed by atoms with Crippen LogP contribution in [-0.2, 0) is 13.1 Å². The summed E-state index contributed by atoms with van der Waals surface area (Å²) in [6, 6.07) is 3.48. The van der Waals surface area contributed by atoms with E-state index in [2.05, 4.69) is 0 Å². The number of nitrogens with two attached hydrogens (primary N) is 1. The third-order valence-corrected chi connectivity index (χ3v) is 2.37. The third-order valence-electron chi connectivity index (χ3n) is 2.37. The first kappa shape index (κ1) is 12.8. The Morgan fingerprint density at radius 3 is 2.12 bits per heavy atom. The van der Waals surface area contributed by atoms with Crippen molar-refractivity contribution in [3.8, 4) is 11.5 Å². The minimum Gasteiger partial charge on any atom is -0.496 e. The molecule has 1 atom stereocenters. The van der Waals surface area contributed by atoms with Crippen molar-refractivity contribution >= 4 is 0 Å². The predicted molar refractivity (Wildman–Crippen MR) is 61.7 cm³/mol. The van der Waals surface area contributed by atoms with E-state index in [-0.39, 0.29) is 6.04 Å². The number of benzene rings is 1. The highest BCUT2D eigenvalue weighted by Crippen LogP contribution is 2.30. The van der Waals surface area contributed by atoms with Gasteiger partial charge in [-0.1, -0.05) is 0 Å². The van der Waals surface area contributed by atoms with Gasteiger partial charge in [0.2, 0.25) is 0 Å². The van der Waals surface area contributed by atoms with E-state index in [0.29, 0.717) is 23.5 Å². The fourth-order valence-corrected chi connectivity index (χ4v) is 1.64. The van der Waals surface area contributed by atoms with E-state index >= 15 is 0 Å². The number of ether oxygens (including phenoxy) is 2. The lowest BCUT2D eigenvalue weighted by Crippen LogP contribution is -2.18. The molecule has 4 heteroatoms. The Labute approximate surface area is 95.4 Å². The van der Waals surface area contributed by atoms with E-state index in [1.54, 1.807) is 19.2 Å². The molecule has 0 fully saturated rings. The van der Waals surface area contributed by atoms with Crippen molar-refractivity contribution in [3.63, 3.8) is 0 Å². The molecule has 0 aliphatic heterocycles. The zero-order valence-corrected chi connectivity index (χ0v) is 9.92. The maximum Gasteiger partial charge on any atom is 0.125 e. The van der Waals surface area contributed by atoms with Crippen LogP contribution in [0.2, 0.25) is 0 Å². The van der Waals surface area contributed by atoms with Crippen molar-refractivity contribution in [2.75, 3.05) is 14.2 Å². The number of rotatable bonds is 5. The first-order chi connectivity index (χ1) is 7.62. The predicted octanol–water partition coefficient (Wildman–Crippen LogP) is 2.06. The van der Waals surface area contributed by atoms with Gasteiger partial charge in [0.15, 0.2) is 0 Å². The summed E-state index contributed by atoms with van der Waals surface area (Å²) in [5.41, 5.74) is 7.17. The lowest BCUT2D eigenvalue weighted by Gasteiger charge is -2.14. The van der Waals surface area contributed by atoms with Crippen LogP contribution in [0.3, 0.4) is 0 Å². The van der Waals surface area contributed by atoms with Crippen molar-refractivity contribution in [3.05, 3.63) is 23.3 Å². The summed E-state index contributed by atoms with van der Waals surface area (Å²) in [6.07, 6.45) is 0.673. The second kappa shape index (κ2) is 5.70. The molecule has 0 amide bonds. The second-order valence-corrected chi connectivity index (χ2v) is 3.79. The average molecular weight is 227 g/mol. The first-order valence-electron chi connectivity index (χ1n) is 5.17. The molecular weight excluding hydrogens is 209 g/mol. The Morgan fingerprint density at radius 1 is 1.19 bits per heavy atom. The van der Waals surface area contributed by atoms with E-state index in [4.69, 9.17) is 15.2 Å². The van der Waals surface area contributed by atoms with Crippen LogP contribution in [0.5, 0.6) is 11.5 Å². The normalized spacial score (nSPS) is 12.3. The molecule has 0 radical (unpaired) electrons. The SMILES string of the molecule is COc1cc(CC(C)N)c(OC)cc1CF. The Hall–Kier alpha value is -1.29. The molecule has 1 aromatic carbocycles. The molecule has 0 aromatic heterocycles. The van der Waals surface area contributed by atoms with Gasteiger partial charge in [-0.25, -0.2) is 4.39 Å². The molecule has 1 aromatic rings. The van der Waals surface area contributed by atoms with Gasteiger partial charge in [0, 0.05) is 11.6 Å². The van der Waals surface area contributed by atoms with Crippen LogP contribution in [0.1, 0.15) is 18.1 Å². The number of methoxy groups -OCH3 is 2. The Balaban J connectivity index is 3.15. The summed E-state index contributed by atoms with van der Waals surface area (Å²) in [6.45, 7) is 1.34. The lowest BCUT2D eigenvalue weighted by molar-refractivity contribution is 0.382. The van der Waals surface area contributed by atoms with Crippen molar-refractivity contribution in [1.29, 1.82) is 0 Å². The zero-order chi connectivity index (χ0) is 12.1. The van der Waals surface area contributed by atoms with E-state index in [1.807, 2.05) is 6.92 Å². The highest BCUT2D eigenvalue weighted by atomic mass is 19.1. The van der Waals surface area contributed by atoms with Gasteiger partial charge in [0.25, 0.3) is 0 Å². The van der Waals surface area contributed by atoms with Gasteiger partial charge in [-0.3, -0.25) is 0 Å². The van der Waals surface area contributed by atoms with Crippen molar-refractivity contribution in [2.45, 2.75) is 26.1 Å². The summed E-state index contributed by atoms with van der Waals surface area (Å²) in [4.78, 5) is 0. The molecule has 0 heterocycles. The molecule has 0 spiro atoms. The highest BCUT2D eigenvalue weighted by Gasteiger charge is 2.12. The van der Waals surface area contributed by atoms with Gasteiger partial charge < -0.3 is 15.2 Å². The van der Waals surface area contributed by atoms with Crippen molar-refractivity contribution in [2.24, 2.45) is 5.73 Å². The smallest absolute Gasteiger partial charge is 0.125 e. The van der Waals surface area contributed by atoms with Gasteiger partial charge in [-0.15, -0.1) is 0 Å². The Morgan fingerprint density at radius 2 is 1.69 bits per heavy atom. The van der Waals surface area contributed by atoms with E-state index in [1.165, 1.54) is 7.11 Å². The second-order valence-electron chi connectivity index (χ2n) is 3.79. The Bertz CT molecular complexity index is 353. The zero-order valence-electron chi connectivity index (χ0n) is 9.92. The maximum absolute atomic E-state index is 12.7. The van der Waals surface area contributed by atoms with Crippen LogP contribution in [0.15, 0.2) is 12.1 Å². The molecule has 16 heavy (non-hydrogen) atoms. The molecule has 0 saturated carbocycles. The van der Waals surface area contributed by atoms with Crippen LogP contribution in [-0.4, -0.2) is 20.3 Å². The molecule has 1 unspecified atom stereocenters. The van der Waals surface area contributed by atoms with Gasteiger partial charge in [-0.05, 0) is 31.0 Å². The fraction of sp³-hybridized carbons (Fsp3) is 0.500. The topological polar surface area (TPSA) is 44.5 Å². The van der Waals surface area contributed by atoms with E-state index < -0.39 is 6.67 Å². The number of halogens is 1. The number of alkyl halides is 1. The third kappa shape index (κ3) is 2.85. The minimum absolute atomic E-state index is 0.0230. The molecule has 2 N–H and O–H groups in total. The van der Waals surface area contributed by atoms with Crippen molar-refractivity contribution < 1.29 is 13.9 Å². The molecule has 0 bridgehead atoms. The summed E-state index contributed by atoms with van der Waals surface area (Å²) in [7, 11) is 3.09. The fourth-order valence-electron chi connectivity index (χ4n) is 1.64. The molecule has 0 saturated heterocycles. The average Bonchev–Trinajstić information content (AvgIpc) is 2.27. The van der Waals surface area contributed by atoms with Crippen LogP contribution < -0.4 is 15.2 Å². The summed E-state index contributed by atoms with van der Waals surface area (Å²) >= 11 is 0. The standard InChI is InChI=1S/C12H18FNO2/c1-8(14)4-9-5-12(16-3)10(7-13)6-11(9)15-2/h5-6,8H,4,7,14H2,1-3H3. The van der Waals surface area contributed by atoms with Crippen LogP contribution in [0.4, 0.5) is 4.39 Å². The van der Waals surface area contributed by atoms with Gasteiger partial charge >= 0.3 is 0 Å². The monoisotopic (exact) mass is 227 g/mol. The van der Waals surface area contributed by atoms with Gasteiger partial charge in [-0.2, -0.15) is 0 Å². The van der Waals surface area contributed by atoms with Crippen LogP contribution in [0, 0.1) is 0 Å². The quantitative estimate of drug-likeness (QED) is 0.837. The molecule has 0 aliphatic rings. The largest absolute Gasteiger partial charge is 0.496 e. The maximum atomic E-state index is 12.7. The number of hydrogen-bond donors (Lipinski definition) is 1. The highest BCUT2D eigenvalue weighted by molar-refractivity contribution is 5.46. The van der Waals surface area contributed by atoms with Crippen LogP contribution in [0.25, 0.3) is 0 Å². The molecule has 1 rings (SSSR count). The minimum atomic E-state index is -0.571. The van der Waals surface area contributed by atoms with Crippen molar-refractivity contribution in [1.82, 2.24) is 0 Å². The summed E-state index contributed by atoms with van der Waals surface area (Å²) in [5, 5.41) is 0. The van der Waals surface area contributed by atoms with Crippen LogP contribution >= 0.6 is 0 Å². The van der Waals surface area contributed by atoms with E-state index in [0.717, 1.165) is 5.56 Å². The molecule has 3 nitrogen and oxygen atoms in total. The van der Waals surface area contributed by atoms with Gasteiger partial charge in [0.1, 0.15) is 18.2 Å². The van der Waals surface area contributed by atoms with E-state index in [9.17, 15) is 4.39 Å². The number of hydrogen-bond acceptors (Lipinski definition) is 3. The first-order valence-corrected chi connectivity index (χ1v) is 5.17. The van der Waals surface area contributed by atoms with Gasteiger partial charge in [0.05, 0.1) is 14.2 Å². The molecule has 90 valence electrons. The molecular formula is C12H18FNO2.